The van der Waals surface area contributed by atoms with Crippen molar-refractivity contribution in [3.8, 4) is 0 Å². The summed E-state index contributed by atoms with van der Waals surface area (Å²) in [4.78, 5) is 0. The van der Waals surface area contributed by atoms with E-state index in [1.165, 1.54) is 6.07 Å². The van der Waals surface area contributed by atoms with E-state index in [4.69, 9.17) is 5.73 Å². The number of rotatable bonds is 2. The van der Waals surface area contributed by atoms with Crippen LogP contribution < -0.4 is 11.1 Å². The van der Waals surface area contributed by atoms with Crippen LogP contribution in [0.1, 0.15) is 5.56 Å². The Morgan fingerprint density at radius 3 is 2.59 bits per heavy atom. The lowest BCUT2D eigenvalue weighted by Gasteiger charge is -2.10. The molecule has 17 heavy (non-hydrogen) atoms. The molecule has 2 nitrogen and oxygen atoms in total. The van der Waals surface area contributed by atoms with Crippen LogP contribution in [0.3, 0.4) is 0 Å². The summed E-state index contributed by atoms with van der Waals surface area (Å²) in [5, 5.41) is 3.15. The van der Waals surface area contributed by atoms with E-state index in [1.54, 1.807) is 12.1 Å². The highest BCUT2D eigenvalue weighted by molar-refractivity contribution is 9.10. The minimum Gasteiger partial charge on any atom is -0.396 e. The monoisotopic (exact) mass is 294 g/mol. The molecule has 2 aromatic carbocycles. The van der Waals surface area contributed by atoms with Gasteiger partial charge in [-0.1, -0.05) is 15.9 Å². The van der Waals surface area contributed by atoms with Gasteiger partial charge in [-0.3, -0.25) is 0 Å². The lowest BCUT2D eigenvalue weighted by atomic mass is 10.2. The van der Waals surface area contributed by atoms with Gasteiger partial charge in [0.1, 0.15) is 5.82 Å². The maximum Gasteiger partial charge on any atom is 0.148 e. The van der Waals surface area contributed by atoms with Gasteiger partial charge < -0.3 is 11.1 Å². The van der Waals surface area contributed by atoms with E-state index in [0.717, 1.165) is 15.7 Å². The smallest absolute Gasteiger partial charge is 0.148 e. The van der Waals surface area contributed by atoms with Crippen molar-refractivity contribution in [3.63, 3.8) is 0 Å². The van der Waals surface area contributed by atoms with Crippen LogP contribution >= 0.6 is 15.9 Å². The molecule has 2 aromatic rings. The molecular weight excluding hydrogens is 283 g/mol. The van der Waals surface area contributed by atoms with Gasteiger partial charge in [-0.05, 0) is 48.9 Å². The second kappa shape index (κ2) is 4.75. The van der Waals surface area contributed by atoms with Crippen molar-refractivity contribution in [2.75, 3.05) is 11.1 Å². The molecule has 0 bridgehead atoms. The molecule has 0 aliphatic carbocycles. The maximum absolute atomic E-state index is 13.3. The van der Waals surface area contributed by atoms with Crippen molar-refractivity contribution in [1.82, 2.24) is 0 Å². The molecule has 2 rings (SSSR count). The van der Waals surface area contributed by atoms with Crippen LogP contribution in [0.2, 0.25) is 0 Å². The SMILES string of the molecule is Cc1cc(Br)ccc1Nc1ccc(N)c(F)c1. The van der Waals surface area contributed by atoms with Gasteiger partial charge in [-0.25, -0.2) is 4.39 Å². The van der Waals surface area contributed by atoms with Crippen molar-refractivity contribution in [1.29, 1.82) is 0 Å². The summed E-state index contributed by atoms with van der Waals surface area (Å²) in [5.74, 6) is -0.412. The zero-order valence-corrected chi connectivity index (χ0v) is 10.9. The highest BCUT2D eigenvalue weighted by atomic mass is 79.9. The third-order valence-corrected chi connectivity index (χ3v) is 2.96. The van der Waals surface area contributed by atoms with Gasteiger partial charge in [0.2, 0.25) is 0 Å². The minimum absolute atomic E-state index is 0.156. The fourth-order valence-corrected chi connectivity index (χ4v) is 2.00. The summed E-state index contributed by atoms with van der Waals surface area (Å²) in [6.07, 6.45) is 0. The second-order valence-electron chi connectivity index (χ2n) is 3.82. The van der Waals surface area contributed by atoms with Crippen LogP contribution in [0.5, 0.6) is 0 Å². The van der Waals surface area contributed by atoms with Gasteiger partial charge in [0.15, 0.2) is 0 Å². The standard InChI is InChI=1S/C13H12BrFN2/c1-8-6-9(14)2-5-13(8)17-10-3-4-12(16)11(15)7-10/h2-7,17H,16H2,1H3. The molecule has 0 fully saturated rings. The van der Waals surface area contributed by atoms with Gasteiger partial charge in [-0.15, -0.1) is 0 Å². The Balaban J connectivity index is 2.28. The van der Waals surface area contributed by atoms with Crippen LogP contribution in [0.15, 0.2) is 40.9 Å². The van der Waals surface area contributed by atoms with E-state index in [-0.39, 0.29) is 5.69 Å². The van der Waals surface area contributed by atoms with Gasteiger partial charge in [-0.2, -0.15) is 0 Å². The molecule has 0 saturated heterocycles. The fourth-order valence-electron chi connectivity index (χ4n) is 1.53. The van der Waals surface area contributed by atoms with Crippen LogP contribution in [0.4, 0.5) is 21.5 Å². The lowest BCUT2D eigenvalue weighted by molar-refractivity contribution is 0.633. The van der Waals surface area contributed by atoms with Crippen LogP contribution in [0.25, 0.3) is 0 Å². The highest BCUT2D eigenvalue weighted by Gasteiger charge is 2.02. The summed E-state index contributed by atoms with van der Waals surface area (Å²) in [6, 6.07) is 10.6. The summed E-state index contributed by atoms with van der Waals surface area (Å²) >= 11 is 3.40. The molecule has 0 radical (unpaired) electrons. The first-order chi connectivity index (χ1) is 8.06. The normalized spacial score (nSPS) is 10.3. The van der Waals surface area contributed by atoms with Crippen molar-refractivity contribution < 1.29 is 4.39 Å². The zero-order valence-electron chi connectivity index (χ0n) is 9.30. The predicted octanol–water partition coefficient (Wildman–Crippen LogP) is 4.22. The molecule has 3 N–H and O–H groups in total. The van der Waals surface area contributed by atoms with Crippen molar-refractivity contribution >= 4 is 33.0 Å². The number of hydrogen-bond donors (Lipinski definition) is 2. The molecular formula is C13H12BrFN2. The second-order valence-corrected chi connectivity index (χ2v) is 4.74. The maximum atomic E-state index is 13.3. The Kier molecular flexibility index (Phi) is 3.33. The largest absolute Gasteiger partial charge is 0.396 e. The molecule has 0 aromatic heterocycles. The fraction of sp³-hybridized carbons (Fsp3) is 0.0769. The molecule has 4 heteroatoms. The Morgan fingerprint density at radius 2 is 1.94 bits per heavy atom. The van der Waals surface area contributed by atoms with E-state index in [1.807, 2.05) is 25.1 Å². The van der Waals surface area contributed by atoms with Crippen LogP contribution in [-0.2, 0) is 0 Å². The first-order valence-electron chi connectivity index (χ1n) is 5.14. The number of nitrogens with one attached hydrogen (secondary N) is 1. The molecule has 0 heterocycles. The van der Waals surface area contributed by atoms with E-state index in [0.29, 0.717) is 5.69 Å². The third kappa shape index (κ3) is 2.77. The van der Waals surface area contributed by atoms with E-state index >= 15 is 0 Å². The van der Waals surface area contributed by atoms with Crippen LogP contribution in [-0.4, -0.2) is 0 Å². The molecule has 0 amide bonds. The molecule has 0 unspecified atom stereocenters. The predicted molar refractivity (Wildman–Crippen MR) is 73.0 cm³/mol. The van der Waals surface area contributed by atoms with E-state index < -0.39 is 5.82 Å². The van der Waals surface area contributed by atoms with Gasteiger partial charge in [0.05, 0.1) is 5.69 Å². The zero-order chi connectivity index (χ0) is 12.4. The Bertz CT molecular complexity index is 555. The summed E-state index contributed by atoms with van der Waals surface area (Å²) < 4.78 is 14.3. The molecule has 0 aliphatic heterocycles. The van der Waals surface area contributed by atoms with Gasteiger partial charge >= 0.3 is 0 Å². The highest BCUT2D eigenvalue weighted by Crippen LogP contribution is 2.25. The van der Waals surface area contributed by atoms with Crippen LogP contribution in [0, 0.1) is 12.7 Å². The first-order valence-corrected chi connectivity index (χ1v) is 5.94. The molecule has 0 atom stereocenters. The summed E-state index contributed by atoms with van der Waals surface area (Å²) in [6.45, 7) is 1.99. The lowest BCUT2D eigenvalue weighted by Crippen LogP contribution is -1.96. The summed E-state index contributed by atoms with van der Waals surface area (Å²) in [5.41, 5.74) is 8.28. The number of aryl methyl sites for hydroxylation is 1. The minimum atomic E-state index is -0.412. The average Bonchev–Trinajstić information content (AvgIpc) is 2.27. The molecule has 0 saturated carbocycles. The number of benzene rings is 2. The first kappa shape index (κ1) is 11.9. The summed E-state index contributed by atoms with van der Waals surface area (Å²) in [7, 11) is 0. The number of nitrogens with two attached hydrogens (primary N) is 1. The number of hydrogen-bond acceptors (Lipinski definition) is 2. The number of anilines is 3. The average molecular weight is 295 g/mol. The van der Waals surface area contributed by atoms with Gasteiger partial charge in [0.25, 0.3) is 0 Å². The van der Waals surface area contributed by atoms with Crippen molar-refractivity contribution in [2.45, 2.75) is 6.92 Å². The third-order valence-electron chi connectivity index (χ3n) is 2.47. The van der Waals surface area contributed by atoms with E-state index in [9.17, 15) is 4.39 Å². The Hall–Kier alpha value is -1.55. The number of halogens is 2. The molecule has 88 valence electrons. The Morgan fingerprint density at radius 1 is 1.18 bits per heavy atom. The van der Waals surface area contributed by atoms with Gasteiger partial charge in [0, 0.05) is 15.8 Å². The molecule has 0 aliphatic rings. The number of nitrogen functional groups attached to an aromatic ring is 1. The van der Waals surface area contributed by atoms with Crippen molar-refractivity contribution in [2.24, 2.45) is 0 Å². The van der Waals surface area contributed by atoms with E-state index in [2.05, 4.69) is 21.2 Å². The van der Waals surface area contributed by atoms with Crippen molar-refractivity contribution in [3.05, 3.63) is 52.3 Å². The molecule has 0 spiro atoms. The topological polar surface area (TPSA) is 38.0 Å². The Labute approximate surface area is 108 Å². The quantitative estimate of drug-likeness (QED) is 0.814.